The molecule has 1 aliphatic rings. The van der Waals surface area contributed by atoms with Crippen LogP contribution in [-0.2, 0) is 11.2 Å². The summed E-state index contributed by atoms with van der Waals surface area (Å²) in [6.45, 7) is 4.74. The Hall–Kier alpha value is -0.870. The van der Waals surface area contributed by atoms with E-state index >= 15 is 0 Å². The average molecular weight is 280 g/mol. The topological polar surface area (TPSA) is 32.3 Å². The van der Waals surface area contributed by atoms with E-state index in [9.17, 15) is 4.79 Å². The van der Waals surface area contributed by atoms with E-state index in [0.29, 0.717) is 0 Å². The van der Waals surface area contributed by atoms with E-state index in [4.69, 9.17) is 0 Å². The minimum atomic E-state index is -0.0586. The number of amides is 1. The number of nitrogens with zero attached hydrogens (tertiary/aromatic N) is 1. The molecule has 2 heterocycles. The summed E-state index contributed by atoms with van der Waals surface area (Å²) in [4.78, 5) is 14.3. The third-order valence-corrected chi connectivity index (χ3v) is 4.46. The van der Waals surface area contributed by atoms with Gasteiger partial charge in [0.05, 0.1) is 6.04 Å². The van der Waals surface area contributed by atoms with Gasteiger partial charge in [-0.3, -0.25) is 4.79 Å². The third kappa shape index (κ3) is 4.62. The summed E-state index contributed by atoms with van der Waals surface area (Å²) in [5.41, 5.74) is 1.35. The Morgan fingerprint density at radius 3 is 2.74 bits per heavy atom. The highest BCUT2D eigenvalue weighted by molar-refractivity contribution is 7.07. The quantitative estimate of drug-likeness (QED) is 0.899. The Labute approximate surface area is 120 Å². The number of rotatable bonds is 5. The monoisotopic (exact) mass is 280 g/mol. The molecule has 0 aliphatic carbocycles. The van der Waals surface area contributed by atoms with E-state index in [2.05, 4.69) is 22.1 Å². The molecule has 0 radical (unpaired) electrons. The number of hydrogen-bond acceptors (Lipinski definition) is 3. The van der Waals surface area contributed by atoms with Crippen molar-refractivity contribution in [1.82, 2.24) is 10.2 Å². The third-order valence-electron chi connectivity index (χ3n) is 3.73. The molecule has 0 spiro atoms. The van der Waals surface area contributed by atoms with Gasteiger partial charge < -0.3 is 10.2 Å². The second-order valence-electron chi connectivity index (χ2n) is 5.30. The molecule has 3 nitrogen and oxygen atoms in total. The molecule has 1 saturated heterocycles. The first kappa shape index (κ1) is 14.5. The summed E-state index contributed by atoms with van der Waals surface area (Å²) in [5.74, 6) is 0.271. The SMILES string of the molecule is CC(NCCc1ccsc1)C(=O)N1CCCCCC1. The van der Waals surface area contributed by atoms with Gasteiger partial charge in [-0.25, -0.2) is 0 Å². The lowest BCUT2D eigenvalue weighted by molar-refractivity contribution is -0.133. The molecule has 2 rings (SSSR count). The predicted molar refractivity (Wildman–Crippen MR) is 80.5 cm³/mol. The van der Waals surface area contributed by atoms with Crippen molar-refractivity contribution in [3.63, 3.8) is 0 Å². The van der Waals surface area contributed by atoms with Gasteiger partial charge in [0.15, 0.2) is 0 Å². The van der Waals surface area contributed by atoms with E-state index in [1.54, 1.807) is 11.3 Å². The van der Waals surface area contributed by atoms with Crippen molar-refractivity contribution in [1.29, 1.82) is 0 Å². The van der Waals surface area contributed by atoms with Crippen molar-refractivity contribution in [3.8, 4) is 0 Å². The Balaban J connectivity index is 1.72. The summed E-state index contributed by atoms with van der Waals surface area (Å²) < 4.78 is 0. The molecule has 1 fully saturated rings. The fourth-order valence-corrected chi connectivity index (χ4v) is 3.22. The summed E-state index contributed by atoms with van der Waals surface area (Å²) in [7, 11) is 0. The summed E-state index contributed by atoms with van der Waals surface area (Å²) in [5, 5.41) is 7.62. The molecule has 1 aromatic rings. The number of hydrogen-bond donors (Lipinski definition) is 1. The average Bonchev–Trinajstić information content (AvgIpc) is 2.78. The van der Waals surface area contributed by atoms with Gasteiger partial charge in [0, 0.05) is 13.1 Å². The van der Waals surface area contributed by atoms with E-state index < -0.39 is 0 Å². The molecule has 0 aromatic carbocycles. The highest BCUT2D eigenvalue weighted by atomic mass is 32.1. The van der Waals surface area contributed by atoms with E-state index in [0.717, 1.165) is 38.9 Å². The molecule has 1 aromatic heterocycles. The minimum absolute atomic E-state index is 0.0586. The van der Waals surface area contributed by atoms with E-state index in [1.807, 2.05) is 11.8 Å². The first-order valence-electron chi connectivity index (χ1n) is 7.30. The maximum Gasteiger partial charge on any atom is 0.239 e. The molecule has 1 amide bonds. The zero-order valence-corrected chi connectivity index (χ0v) is 12.5. The van der Waals surface area contributed by atoms with Crippen molar-refractivity contribution in [3.05, 3.63) is 22.4 Å². The summed E-state index contributed by atoms with van der Waals surface area (Å²) in [6.07, 6.45) is 5.86. The first-order valence-corrected chi connectivity index (χ1v) is 8.25. The van der Waals surface area contributed by atoms with Gasteiger partial charge in [0.1, 0.15) is 0 Å². The Morgan fingerprint density at radius 2 is 2.11 bits per heavy atom. The lowest BCUT2D eigenvalue weighted by Crippen LogP contribution is -2.45. The van der Waals surface area contributed by atoms with Crippen molar-refractivity contribution in [2.45, 2.75) is 45.1 Å². The standard InChI is InChI=1S/C15H24N2OS/c1-13(16-8-6-14-7-11-19-12-14)15(18)17-9-4-2-3-5-10-17/h7,11-13,16H,2-6,8-10H2,1H3. The van der Waals surface area contributed by atoms with E-state index in [-0.39, 0.29) is 11.9 Å². The van der Waals surface area contributed by atoms with Gasteiger partial charge in [-0.2, -0.15) is 11.3 Å². The molecule has 106 valence electrons. The second kappa shape index (κ2) is 7.65. The molecule has 19 heavy (non-hydrogen) atoms. The smallest absolute Gasteiger partial charge is 0.239 e. The zero-order valence-electron chi connectivity index (χ0n) is 11.7. The van der Waals surface area contributed by atoms with Crippen LogP contribution in [-0.4, -0.2) is 36.5 Å². The van der Waals surface area contributed by atoms with Crippen molar-refractivity contribution < 1.29 is 4.79 Å². The van der Waals surface area contributed by atoms with Crippen molar-refractivity contribution in [2.24, 2.45) is 0 Å². The van der Waals surface area contributed by atoms with Crippen LogP contribution in [0.2, 0.25) is 0 Å². The number of nitrogens with one attached hydrogen (secondary N) is 1. The number of thiophene rings is 1. The van der Waals surface area contributed by atoms with Crippen LogP contribution in [0.4, 0.5) is 0 Å². The lowest BCUT2D eigenvalue weighted by atomic mass is 10.2. The maximum absolute atomic E-state index is 12.3. The molecule has 0 saturated carbocycles. The minimum Gasteiger partial charge on any atom is -0.341 e. The maximum atomic E-state index is 12.3. The van der Waals surface area contributed by atoms with Crippen molar-refractivity contribution in [2.75, 3.05) is 19.6 Å². The van der Waals surface area contributed by atoms with Crippen LogP contribution >= 0.6 is 11.3 Å². The highest BCUT2D eigenvalue weighted by Crippen LogP contribution is 2.11. The van der Waals surface area contributed by atoms with Crippen LogP contribution in [0.5, 0.6) is 0 Å². The summed E-state index contributed by atoms with van der Waals surface area (Å²) >= 11 is 1.73. The molecular formula is C15H24N2OS. The highest BCUT2D eigenvalue weighted by Gasteiger charge is 2.20. The molecule has 4 heteroatoms. The van der Waals surface area contributed by atoms with Crippen LogP contribution < -0.4 is 5.32 Å². The van der Waals surface area contributed by atoms with Gasteiger partial charge in [0.25, 0.3) is 0 Å². The van der Waals surface area contributed by atoms with Crippen LogP contribution in [0.25, 0.3) is 0 Å². The van der Waals surface area contributed by atoms with E-state index in [1.165, 1.54) is 18.4 Å². The summed E-state index contributed by atoms with van der Waals surface area (Å²) in [6, 6.07) is 2.09. The predicted octanol–water partition coefficient (Wildman–Crippen LogP) is 2.67. The van der Waals surface area contributed by atoms with Gasteiger partial charge >= 0.3 is 0 Å². The van der Waals surface area contributed by atoms with Gasteiger partial charge in [-0.15, -0.1) is 0 Å². The Morgan fingerprint density at radius 1 is 1.37 bits per heavy atom. The van der Waals surface area contributed by atoms with Gasteiger partial charge in [-0.05, 0) is 55.1 Å². The lowest BCUT2D eigenvalue weighted by Gasteiger charge is -2.24. The second-order valence-corrected chi connectivity index (χ2v) is 6.08. The number of carbonyl (C=O) groups excluding carboxylic acids is 1. The molecular weight excluding hydrogens is 256 g/mol. The number of likely N-dealkylation sites (tertiary alicyclic amines) is 1. The Kier molecular flexibility index (Phi) is 5.86. The van der Waals surface area contributed by atoms with Crippen LogP contribution in [0.3, 0.4) is 0 Å². The molecule has 0 bridgehead atoms. The normalized spacial score (nSPS) is 18.1. The number of carbonyl (C=O) groups is 1. The molecule has 1 aliphatic heterocycles. The fourth-order valence-electron chi connectivity index (χ4n) is 2.52. The largest absolute Gasteiger partial charge is 0.341 e. The van der Waals surface area contributed by atoms with Crippen molar-refractivity contribution >= 4 is 17.2 Å². The Bertz CT molecular complexity index is 370. The zero-order chi connectivity index (χ0) is 13.5. The van der Waals surface area contributed by atoms with Crippen LogP contribution in [0, 0.1) is 0 Å². The molecule has 1 N–H and O–H groups in total. The van der Waals surface area contributed by atoms with Crippen LogP contribution in [0.1, 0.15) is 38.2 Å². The fraction of sp³-hybridized carbons (Fsp3) is 0.667. The molecule has 1 unspecified atom stereocenters. The molecule has 1 atom stereocenters. The van der Waals surface area contributed by atoms with Gasteiger partial charge in [0.2, 0.25) is 5.91 Å². The van der Waals surface area contributed by atoms with Gasteiger partial charge in [-0.1, -0.05) is 12.8 Å². The first-order chi connectivity index (χ1) is 9.27. The van der Waals surface area contributed by atoms with Crippen LogP contribution in [0.15, 0.2) is 16.8 Å².